The highest BCUT2D eigenvalue weighted by molar-refractivity contribution is 6.06. The molecule has 1 amide bonds. The number of aromatic nitrogens is 2. The van der Waals surface area contributed by atoms with E-state index in [4.69, 9.17) is 4.74 Å². The van der Waals surface area contributed by atoms with Gasteiger partial charge in [0.1, 0.15) is 5.69 Å². The summed E-state index contributed by atoms with van der Waals surface area (Å²) in [5, 5.41) is 0. The molecule has 0 bridgehead atoms. The molecule has 2 aromatic heterocycles. The fourth-order valence-corrected chi connectivity index (χ4v) is 4.36. The summed E-state index contributed by atoms with van der Waals surface area (Å²) >= 11 is 0. The number of ketones is 1. The first-order valence-electron chi connectivity index (χ1n) is 11.0. The molecule has 1 aliphatic rings. The van der Waals surface area contributed by atoms with Gasteiger partial charge in [0.05, 0.1) is 24.9 Å². The zero-order chi connectivity index (χ0) is 22.5. The molecule has 7 nitrogen and oxygen atoms in total. The van der Waals surface area contributed by atoms with Crippen LogP contribution in [-0.4, -0.2) is 45.2 Å². The van der Waals surface area contributed by atoms with E-state index in [2.05, 4.69) is 9.97 Å². The number of ether oxygens (including phenoxy) is 1. The van der Waals surface area contributed by atoms with E-state index in [-0.39, 0.29) is 36.5 Å². The van der Waals surface area contributed by atoms with Crippen LogP contribution in [0.4, 0.5) is 0 Å². The standard InChI is InChI=1S/C24H31N3O4/c1-5-31-24(30)21-15(2)20(16(3)26-21)22(28)17(4)27(14-19-12-8-9-13-25-19)23(29)18-10-6-7-11-18/h8-9,12-13,17-18,26H,5-7,10-11,14H2,1-4H3. The maximum atomic E-state index is 13.5. The van der Waals surface area contributed by atoms with Crippen LogP contribution in [0.3, 0.4) is 0 Å². The summed E-state index contributed by atoms with van der Waals surface area (Å²) < 4.78 is 5.10. The molecular weight excluding hydrogens is 394 g/mol. The number of carbonyl (C=O) groups is 3. The number of hydrogen-bond acceptors (Lipinski definition) is 5. The van der Waals surface area contributed by atoms with Gasteiger partial charge < -0.3 is 14.6 Å². The third-order valence-corrected chi connectivity index (χ3v) is 6.06. The molecule has 7 heteroatoms. The van der Waals surface area contributed by atoms with Gasteiger partial charge in [0, 0.05) is 23.4 Å². The van der Waals surface area contributed by atoms with Gasteiger partial charge >= 0.3 is 5.97 Å². The quantitative estimate of drug-likeness (QED) is 0.510. The minimum absolute atomic E-state index is 0.000427. The summed E-state index contributed by atoms with van der Waals surface area (Å²) in [6.45, 7) is 7.52. The van der Waals surface area contributed by atoms with E-state index < -0.39 is 12.0 Å². The maximum absolute atomic E-state index is 13.5. The molecule has 1 fully saturated rings. The van der Waals surface area contributed by atoms with Crippen LogP contribution in [-0.2, 0) is 16.1 Å². The molecule has 0 aromatic carbocycles. The van der Waals surface area contributed by atoms with Crippen LogP contribution in [0, 0.1) is 19.8 Å². The van der Waals surface area contributed by atoms with Crippen LogP contribution in [0.25, 0.3) is 0 Å². The summed E-state index contributed by atoms with van der Waals surface area (Å²) in [5.74, 6) is -0.728. The van der Waals surface area contributed by atoms with Crippen LogP contribution >= 0.6 is 0 Å². The summed E-state index contributed by atoms with van der Waals surface area (Å²) in [6, 6.07) is 4.88. The van der Waals surface area contributed by atoms with Crippen molar-refractivity contribution < 1.29 is 19.1 Å². The number of esters is 1. The minimum Gasteiger partial charge on any atom is -0.461 e. The van der Waals surface area contributed by atoms with E-state index >= 15 is 0 Å². The Morgan fingerprint density at radius 1 is 1.23 bits per heavy atom. The molecule has 0 aliphatic heterocycles. The number of rotatable bonds is 8. The van der Waals surface area contributed by atoms with Gasteiger partial charge in [-0.15, -0.1) is 0 Å². The number of amides is 1. The van der Waals surface area contributed by atoms with Crippen LogP contribution in [0.5, 0.6) is 0 Å². The lowest BCUT2D eigenvalue weighted by Gasteiger charge is -2.30. The Labute approximate surface area is 183 Å². The first-order chi connectivity index (χ1) is 14.8. The third-order valence-electron chi connectivity index (χ3n) is 6.06. The van der Waals surface area contributed by atoms with Crippen molar-refractivity contribution in [3.63, 3.8) is 0 Å². The van der Waals surface area contributed by atoms with Crippen molar-refractivity contribution in [2.75, 3.05) is 6.61 Å². The lowest BCUT2D eigenvalue weighted by atomic mass is 9.97. The second-order valence-corrected chi connectivity index (χ2v) is 8.15. The van der Waals surface area contributed by atoms with Crippen LogP contribution in [0.15, 0.2) is 24.4 Å². The number of aryl methyl sites for hydroxylation is 1. The molecule has 3 rings (SSSR count). The van der Waals surface area contributed by atoms with E-state index in [0.29, 0.717) is 16.8 Å². The number of hydrogen-bond donors (Lipinski definition) is 1. The number of nitrogens with zero attached hydrogens (tertiary/aromatic N) is 2. The highest BCUT2D eigenvalue weighted by atomic mass is 16.5. The molecule has 31 heavy (non-hydrogen) atoms. The molecule has 1 aliphatic carbocycles. The highest BCUT2D eigenvalue weighted by Crippen LogP contribution is 2.29. The van der Waals surface area contributed by atoms with E-state index in [0.717, 1.165) is 31.4 Å². The number of H-pyrrole nitrogens is 1. The van der Waals surface area contributed by atoms with Gasteiger partial charge in [-0.25, -0.2) is 4.79 Å². The number of carbonyl (C=O) groups excluding carboxylic acids is 3. The normalized spacial score (nSPS) is 15.0. The van der Waals surface area contributed by atoms with Gasteiger partial charge in [-0.1, -0.05) is 18.9 Å². The Morgan fingerprint density at radius 2 is 1.94 bits per heavy atom. The molecule has 2 aromatic rings. The number of aromatic amines is 1. The van der Waals surface area contributed by atoms with Crippen molar-refractivity contribution in [3.8, 4) is 0 Å². The Morgan fingerprint density at radius 3 is 2.55 bits per heavy atom. The highest BCUT2D eigenvalue weighted by Gasteiger charge is 2.35. The summed E-state index contributed by atoms with van der Waals surface area (Å²) in [5.41, 5.74) is 2.62. The minimum atomic E-state index is -0.682. The van der Waals surface area contributed by atoms with Crippen molar-refractivity contribution in [3.05, 3.63) is 52.6 Å². The summed E-state index contributed by atoms with van der Waals surface area (Å²) in [6.07, 6.45) is 5.47. The number of pyridine rings is 1. The predicted molar refractivity (Wildman–Crippen MR) is 117 cm³/mol. The molecule has 1 N–H and O–H groups in total. The topological polar surface area (TPSA) is 92.4 Å². The summed E-state index contributed by atoms with van der Waals surface area (Å²) in [4.78, 5) is 48.1. The number of Topliss-reactive ketones (excluding diaryl/α,β-unsaturated/α-hetero) is 1. The average molecular weight is 426 g/mol. The Bertz CT molecular complexity index is 945. The maximum Gasteiger partial charge on any atom is 0.355 e. The van der Waals surface area contributed by atoms with Gasteiger partial charge in [0.25, 0.3) is 0 Å². The lowest BCUT2D eigenvalue weighted by Crippen LogP contribution is -2.45. The summed E-state index contributed by atoms with van der Waals surface area (Å²) in [7, 11) is 0. The van der Waals surface area contributed by atoms with Crippen molar-refractivity contribution >= 4 is 17.7 Å². The second-order valence-electron chi connectivity index (χ2n) is 8.15. The van der Waals surface area contributed by atoms with E-state index in [1.807, 2.05) is 18.2 Å². The van der Waals surface area contributed by atoms with E-state index in [1.165, 1.54) is 0 Å². The fourth-order valence-electron chi connectivity index (χ4n) is 4.36. The third kappa shape index (κ3) is 4.86. The fraction of sp³-hybridized carbons (Fsp3) is 0.500. The van der Waals surface area contributed by atoms with Gasteiger partial charge in [-0.05, 0) is 58.2 Å². The zero-order valence-electron chi connectivity index (χ0n) is 18.7. The molecule has 166 valence electrons. The second kappa shape index (κ2) is 9.90. The molecule has 1 unspecified atom stereocenters. The van der Waals surface area contributed by atoms with Crippen molar-refractivity contribution in [2.45, 2.75) is 66.0 Å². The molecule has 0 saturated heterocycles. The Kier molecular flexibility index (Phi) is 7.25. The first-order valence-corrected chi connectivity index (χ1v) is 11.0. The SMILES string of the molecule is CCOC(=O)c1[nH]c(C)c(C(=O)C(C)N(Cc2ccccn2)C(=O)C2CCCC2)c1C. The van der Waals surface area contributed by atoms with E-state index in [9.17, 15) is 14.4 Å². The predicted octanol–water partition coefficient (Wildman–Crippen LogP) is 3.99. The van der Waals surface area contributed by atoms with Gasteiger partial charge in [0.15, 0.2) is 5.78 Å². The van der Waals surface area contributed by atoms with E-state index in [1.54, 1.807) is 38.8 Å². The monoisotopic (exact) mass is 425 g/mol. The van der Waals surface area contributed by atoms with Crippen molar-refractivity contribution in [1.82, 2.24) is 14.9 Å². The lowest BCUT2D eigenvalue weighted by molar-refractivity contribution is -0.137. The molecule has 2 heterocycles. The van der Waals surface area contributed by atoms with Crippen LogP contribution < -0.4 is 0 Å². The largest absolute Gasteiger partial charge is 0.461 e. The van der Waals surface area contributed by atoms with Gasteiger partial charge in [0.2, 0.25) is 5.91 Å². The molecule has 0 radical (unpaired) electrons. The molecule has 1 atom stereocenters. The Hall–Kier alpha value is -2.96. The Balaban J connectivity index is 1.91. The smallest absolute Gasteiger partial charge is 0.355 e. The number of nitrogens with one attached hydrogen (secondary N) is 1. The van der Waals surface area contributed by atoms with Crippen LogP contribution in [0.2, 0.25) is 0 Å². The first kappa shape index (κ1) is 22.7. The average Bonchev–Trinajstić information content (AvgIpc) is 3.40. The molecule has 1 saturated carbocycles. The van der Waals surface area contributed by atoms with Gasteiger partial charge in [-0.3, -0.25) is 14.6 Å². The molecule has 0 spiro atoms. The van der Waals surface area contributed by atoms with Crippen molar-refractivity contribution in [1.29, 1.82) is 0 Å². The molecular formula is C24H31N3O4. The van der Waals surface area contributed by atoms with Crippen LogP contribution in [0.1, 0.15) is 77.3 Å². The van der Waals surface area contributed by atoms with Crippen molar-refractivity contribution in [2.24, 2.45) is 5.92 Å². The van der Waals surface area contributed by atoms with Gasteiger partial charge in [-0.2, -0.15) is 0 Å². The zero-order valence-corrected chi connectivity index (χ0v) is 18.7.